The van der Waals surface area contributed by atoms with Crippen molar-refractivity contribution in [1.82, 2.24) is 0 Å². The molecule has 1 nitrogen and oxygen atoms in total. The van der Waals surface area contributed by atoms with Gasteiger partial charge in [0.15, 0.2) is 0 Å². The predicted octanol–water partition coefficient (Wildman–Crippen LogP) is 1.52. The average molecular weight is 137 g/mol. The van der Waals surface area contributed by atoms with E-state index >= 15 is 0 Å². The maximum absolute atomic E-state index is 6.28. The molecule has 4 rings (SSSR count). The van der Waals surface area contributed by atoms with Gasteiger partial charge < -0.3 is 5.73 Å². The van der Waals surface area contributed by atoms with E-state index in [1.54, 1.807) is 0 Å². The van der Waals surface area contributed by atoms with Gasteiger partial charge in [0.05, 0.1) is 0 Å². The highest BCUT2D eigenvalue weighted by molar-refractivity contribution is 5.11. The quantitative estimate of drug-likeness (QED) is 0.538. The van der Waals surface area contributed by atoms with Gasteiger partial charge in [-0.2, -0.15) is 0 Å². The lowest BCUT2D eigenvalue weighted by atomic mass is 9.66. The van der Waals surface area contributed by atoms with Crippen LogP contribution in [0.1, 0.15) is 32.1 Å². The second-order valence-corrected chi connectivity index (χ2v) is 4.66. The second kappa shape index (κ2) is 1.42. The first kappa shape index (κ1) is 5.59. The Morgan fingerprint density at radius 2 is 2.00 bits per heavy atom. The van der Waals surface area contributed by atoms with E-state index in [9.17, 15) is 0 Å². The van der Waals surface area contributed by atoms with Gasteiger partial charge in [0, 0.05) is 5.54 Å². The van der Waals surface area contributed by atoms with Gasteiger partial charge in [0.25, 0.3) is 0 Å². The summed E-state index contributed by atoms with van der Waals surface area (Å²) in [7, 11) is 0. The summed E-state index contributed by atoms with van der Waals surface area (Å²) in [6.07, 6.45) is 7.08. The minimum atomic E-state index is 0.319. The van der Waals surface area contributed by atoms with E-state index in [-0.39, 0.29) is 0 Å². The monoisotopic (exact) mass is 137 g/mol. The summed E-state index contributed by atoms with van der Waals surface area (Å²) in [5.41, 5.74) is 6.60. The highest BCUT2D eigenvalue weighted by Gasteiger charge is 2.56. The highest BCUT2D eigenvalue weighted by Crippen LogP contribution is 2.60. The molecule has 4 aliphatic carbocycles. The zero-order valence-electron chi connectivity index (χ0n) is 6.34. The lowest BCUT2D eigenvalue weighted by Crippen LogP contribution is -2.50. The molecule has 2 N–H and O–H groups in total. The van der Waals surface area contributed by atoms with Crippen molar-refractivity contribution < 1.29 is 0 Å². The molecule has 0 aliphatic heterocycles. The van der Waals surface area contributed by atoms with Crippen molar-refractivity contribution in [3.05, 3.63) is 0 Å². The van der Waals surface area contributed by atoms with Crippen LogP contribution in [0.5, 0.6) is 0 Å². The van der Waals surface area contributed by atoms with E-state index in [2.05, 4.69) is 0 Å². The molecular weight excluding hydrogens is 122 g/mol. The third-order valence-electron chi connectivity index (χ3n) is 4.28. The Labute approximate surface area is 62.0 Å². The van der Waals surface area contributed by atoms with E-state index in [0.717, 1.165) is 17.8 Å². The third kappa shape index (κ3) is 0.460. The molecule has 0 aromatic heterocycles. The Morgan fingerprint density at radius 1 is 1.20 bits per heavy atom. The van der Waals surface area contributed by atoms with Crippen molar-refractivity contribution in [1.29, 1.82) is 0 Å². The lowest BCUT2D eigenvalue weighted by molar-refractivity contribution is 0.127. The molecule has 0 aromatic rings. The summed E-state index contributed by atoms with van der Waals surface area (Å²) in [6.45, 7) is 0. The first-order valence-electron chi connectivity index (χ1n) is 4.57. The summed E-state index contributed by atoms with van der Waals surface area (Å²) in [5.74, 6) is 3.07. The van der Waals surface area contributed by atoms with Crippen LogP contribution >= 0.6 is 0 Å². The van der Waals surface area contributed by atoms with Crippen LogP contribution in [0, 0.1) is 17.8 Å². The van der Waals surface area contributed by atoms with E-state index in [4.69, 9.17) is 5.73 Å². The SMILES string of the molecule is NC12CCC3CC1CC3C2. The molecule has 0 heterocycles. The van der Waals surface area contributed by atoms with E-state index in [0.29, 0.717) is 5.54 Å². The summed E-state index contributed by atoms with van der Waals surface area (Å²) in [6, 6.07) is 0. The highest BCUT2D eigenvalue weighted by atomic mass is 14.8. The van der Waals surface area contributed by atoms with Gasteiger partial charge in [-0.25, -0.2) is 0 Å². The first-order valence-corrected chi connectivity index (χ1v) is 4.57. The fourth-order valence-corrected chi connectivity index (χ4v) is 3.70. The fraction of sp³-hybridized carbons (Fsp3) is 1.00. The Balaban J connectivity index is 2.04. The van der Waals surface area contributed by atoms with Crippen LogP contribution in [0.4, 0.5) is 0 Å². The van der Waals surface area contributed by atoms with E-state index in [1.165, 1.54) is 32.1 Å². The number of fused-ring (bicyclic) bond motifs is 1. The Kier molecular flexibility index (Phi) is 0.797. The van der Waals surface area contributed by atoms with Crippen LogP contribution in [-0.4, -0.2) is 5.54 Å². The Morgan fingerprint density at radius 3 is 2.50 bits per heavy atom. The third-order valence-corrected chi connectivity index (χ3v) is 4.28. The molecule has 56 valence electrons. The van der Waals surface area contributed by atoms with Crippen LogP contribution in [0.3, 0.4) is 0 Å². The molecule has 0 spiro atoms. The number of nitrogens with two attached hydrogens (primary N) is 1. The molecular formula is C9H15N. The van der Waals surface area contributed by atoms with Gasteiger partial charge >= 0.3 is 0 Å². The van der Waals surface area contributed by atoms with Crippen LogP contribution in [0.25, 0.3) is 0 Å². The maximum atomic E-state index is 6.28. The van der Waals surface area contributed by atoms with Crippen molar-refractivity contribution in [3.8, 4) is 0 Å². The molecule has 0 amide bonds. The molecule has 10 heavy (non-hydrogen) atoms. The number of hydrogen-bond donors (Lipinski definition) is 1. The Bertz CT molecular complexity index is 176. The van der Waals surface area contributed by atoms with Gasteiger partial charge in [-0.3, -0.25) is 0 Å². The average Bonchev–Trinajstić information content (AvgIpc) is 2.38. The molecule has 4 unspecified atom stereocenters. The molecule has 4 atom stereocenters. The van der Waals surface area contributed by atoms with Crippen molar-refractivity contribution in [2.45, 2.75) is 37.6 Å². The van der Waals surface area contributed by atoms with Crippen LogP contribution < -0.4 is 5.73 Å². The molecule has 0 saturated heterocycles. The van der Waals surface area contributed by atoms with Crippen LogP contribution in [0.15, 0.2) is 0 Å². The van der Waals surface area contributed by atoms with Gasteiger partial charge in [0.1, 0.15) is 0 Å². The number of hydrogen-bond acceptors (Lipinski definition) is 1. The van der Waals surface area contributed by atoms with Gasteiger partial charge in [-0.1, -0.05) is 0 Å². The maximum Gasteiger partial charge on any atom is 0.0185 e. The summed E-state index contributed by atoms with van der Waals surface area (Å²) in [4.78, 5) is 0. The van der Waals surface area contributed by atoms with Gasteiger partial charge in [0.2, 0.25) is 0 Å². The van der Waals surface area contributed by atoms with Crippen molar-refractivity contribution in [3.63, 3.8) is 0 Å². The molecule has 4 aliphatic rings. The summed E-state index contributed by atoms with van der Waals surface area (Å²) >= 11 is 0. The largest absolute Gasteiger partial charge is 0.325 e. The molecule has 4 fully saturated rings. The Hall–Kier alpha value is -0.0400. The van der Waals surface area contributed by atoms with Gasteiger partial charge in [-0.15, -0.1) is 0 Å². The summed E-state index contributed by atoms with van der Waals surface area (Å²) < 4.78 is 0. The standard InChI is InChI=1S/C9H15N/c10-9-2-1-6-3-8(9)4-7(6)5-9/h6-8H,1-5,10H2. The topological polar surface area (TPSA) is 26.0 Å². The van der Waals surface area contributed by atoms with Crippen molar-refractivity contribution >= 4 is 0 Å². The second-order valence-electron chi connectivity index (χ2n) is 4.66. The first-order chi connectivity index (χ1) is 4.78. The fourth-order valence-electron chi connectivity index (χ4n) is 3.70. The lowest BCUT2D eigenvalue weighted by Gasteiger charge is -2.43. The minimum Gasteiger partial charge on any atom is -0.325 e. The van der Waals surface area contributed by atoms with E-state index in [1.807, 2.05) is 0 Å². The predicted molar refractivity (Wildman–Crippen MR) is 40.5 cm³/mol. The minimum absolute atomic E-state index is 0.319. The smallest absolute Gasteiger partial charge is 0.0185 e. The zero-order valence-corrected chi connectivity index (χ0v) is 6.34. The molecule has 4 bridgehead atoms. The molecule has 4 saturated carbocycles. The van der Waals surface area contributed by atoms with Gasteiger partial charge in [-0.05, 0) is 49.9 Å². The number of rotatable bonds is 0. The van der Waals surface area contributed by atoms with Crippen LogP contribution in [0.2, 0.25) is 0 Å². The summed E-state index contributed by atoms with van der Waals surface area (Å²) in [5, 5.41) is 0. The van der Waals surface area contributed by atoms with Crippen LogP contribution in [-0.2, 0) is 0 Å². The van der Waals surface area contributed by atoms with Crippen molar-refractivity contribution in [2.75, 3.05) is 0 Å². The van der Waals surface area contributed by atoms with E-state index < -0.39 is 0 Å². The molecule has 1 heteroatoms. The molecule has 0 radical (unpaired) electrons. The zero-order chi connectivity index (χ0) is 6.77. The molecule has 0 aromatic carbocycles. The van der Waals surface area contributed by atoms with Crippen molar-refractivity contribution in [2.24, 2.45) is 23.5 Å². The normalized spacial score (nSPS) is 63.9.